The fraction of sp³-hybridized carbons (Fsp3) is 0.167. The number of aromatic amines is 2. The van der Waals surface area contributed by atoms with Crippen molar-refractivity contribution in [2.75, 3.05) is 0 Å². The number of hydrogen-bond acceptors (Lipinski definition) is 8. The summed E-state index contributed by atoms with van der Waals surface area (Å²) in [5.41, 5.74) is 11.9. The van der Waals surface area contributed by atoms with Crippen LogP contribution in [0.4, 0.5) is 0 Å². The van der Waals surface area contributed by atoms with Gasteiger partial charge in [-0.3, -0.25) is 11.5 Å². The Morgan fingerprint density at radius 1 is 0.706 bits per heavy atom. The molecule has 2 aromatic heterocycles. The van der Waals surface area contributed by atoms with Crippen LogP contribution >= 0.6 is 0 Å². The summed E-state index contributed by atoms with van der Waals surface area (Å²) in [5.74, 6) is -2.34. The number of carbonyl (C=O) groups excluding carboxylic acids is 2. The van der Waals surface area contributed by atoms with Gasteiger partial charge >= 0.3 is 11.9 Å². The summed E-state index contributed by atoms with van der Waals surface area (Å²) in [5, 5.41) is 0. The highest BCUT2D eigenvalue weighted by atomic mass is 16.6. The zero-order valence-corrected chi connectivity index (χ0v) is 18.6. The van der Waals surface area contributed by atoms with Crippen molar-refractivity contribution in [2.45, 2.75) is 25.3 Å². The first-order chi connectivity index (χ1) is 16.2. The summed E-state index contributed by atoms with van der Waals surface area (Å²) in [6.07, 6.45) is 3.11. The minimum Gasteiger partial charge on any atom is -0.428 e. The molecule has 2 atom stereocenters. The van der Waals surface area contributed by atoms with E-state index in [1.165, 1.54) is 13.8 Å². The Labute approximate surface area is 195 Å². The molecule has 174 valence electrons. The molecule has 0 saturated heterocycles. The minimum atomic E-state index is -1.72. The number of esters is 2. The van der Waals surface area contributed by atoms with Gasteiger partial charge in [0.05, 0.1) is 23.8 Å². The number of rotatable bonds is 6. The summed E-state index contributed by atoms with van der Waals surface area (Å²) < 4.78 is 10.4. The molecule has 0 bridgehead atoms. The molecular weight excluding hydrogens is 436 g/mol. The Kier molecular flexibility index (Phi) is 6.01. The van der Waals surface area contributed by atoms with Gasteiger partial charge in [0.1, 0.15) is 0 Å². The number of hydrogen-bond donors (Lipinski definition) is 4. The molecule has 2 heterocycles. The summed E-state index contributed by atoms with van der Waals surface area (Å²) >= 11 is 0. The number of imidazole rings is 2. The molecule has 0 amide bonds. The van der Waals surface area contributed by atoms with Crippen LogP contribution in [0.2, 0.25) is 0 Å². The van der Waals surface area contributed by atoms with Crippen LogP contribution in [0.5, 0.6) is 0 Å². The molecule has 10 nitrogen and oxygen atoms in total. The zero-order chi connectivity index (χ0) is 24.3. The number of nitrogens with zero attached hydrogens (tertiary/aromatic N) is 2. The average Bonchev–Trinajstić information content (AvgIpc) is 3.51. The molecule has 2 aromatic carbocycles. The second kappa shape index (κ2) is 8.93. The van der Waals surface area contributed by atoms with Crippen molar-refractivity contribution in [1.82, 2.24) is 19.9 Å². The Balaban J connectivity index is 1.43. The molecule has 4 aromatic rings. The van der Waals surface area contributed by atoms with Crippen LogP contribution in [0, 0.1) is 0 Å². The van der Waals surface area contributed by atoms with E-state index in [2.05, 4.69) is 19.9 Å². The first-order valence-electron chi connectivity index (χ1n) is 10.4. The number of benzene rings is 2. The van der Waals surface area contributed by atoms with Crippen molar-refractivity contribution in [3.63, 3.8) is 0 Å². The summed E-state index contributed by atoms with van der Waals surface area (Å²) in [6, 6.07) is 18.8. The number of nitrogens with one attached hydrogen (secondary N) is 2. The fourth-order valence-corrected chi connectivity index (χ4v) is 3.24. The van der Waals surface area contributed by atoms with E-state index in [1.807, 2.05) is 60.7 Å². The number of H-pyrrole nitrogens is 2. The highest BCUT2D eigenvalue weighted by molar-refractivity contribution is 6.29. The lowest BCUT2D eigenvalue weighted by atomic mass is 10.2. The highest BCUT2D eigenvalue weighted by Gasteiger charge is 2.37. The van der Waals surface area contributed by atoms with Gasteiger partial charge in [-0.05, 0) is 25.0 Å². The highest BCUT2D eigenvalue weighted by Crippen LogP contribution is 2.24. The first kappa shape index (κ1) is 22.9. The van der Waals surface area contributed by atoms with E-state index in [9.17, 15) is 9.59 Å². The van der Waals surface area contributed by atoms with Crippen LogP contribution in [-0.2, 0) is 30.5 Å². The summed E-state index contributed by atoms with van der Waals surface area (Å²) in [6.45, 7) is 2.79. The van der Waals surface area contributed by atoms with E-state index in [0.29, 0.717) is 11.4 Å². The third-order valence-corrected chi connectivity index (χ3v) is 5.04. The van der Waals surface area contributed by atoms with E-state index < -0.39 is 23.4 Å². The molecule has 0 aliphatic rings. The number of carbonyl (C=O) groups is 2. The van der Waals surface area contributed by atoms with Crippen LogP contribution in [-0.4, -0.2) is 31.9 Å². The van der Waals surface area contributed by atoms with E-state index in [4.69, 9.17) is 20.9 Å². The smallest absolute Gasteiger partial charge is 0.419 e. The maximum atomic E-state index is 12.4. The maximum Gasteiger partial charge on any atom is 0.419 e. The Morgan fingerprint density at radius 3 is 1.41 bits per heavy atom. The quantitative estimate of drug-likeness (QED) is 0.194. The van der Waals surface area contributed by atoms with Crippen LogP contribution in [0.15, 0.2) is 73.1 Å². The van der Waals surface area contributed by atoms with E-state index in [-0.39, 0.29) is 11.6 Å². The third-order valence-electron chi connectivity index (χ3n) is 5.04. The molecule has 0 aliphatic heterocycles. The van der Waals surface area contributed by atoms with Crippen molar-refractivity contribution >= 4 is 11.9 Å². The van der Waals surface area contributed by atoms with Crippen molar-refractivity contribution in [3.05, 3.63) is 84.7 Å². The van der Waals surface area contributed by atoms with Gasteiger partial charge in [0.25, 0.3) is 0 Å². The van der Waals surface area contributed by atoms with E-state index in [0.717, 1.165) is 11.1 Å². The molecule has 0 fully saturated rings. The van der Waals surface area contributed by atoms with Gasteiger partial charge in [0, 0.05) is 0 Å². The van der Waals surface area contributed by atoms with E-state index >= 15 is 0 Å². The Bertz CT molecular complexity index is 1190. The lowest BCUT2D eigenvalue weighted by Crippen LogP contribution is -2.45. The van der Waals surface area contributed by atoms with Crippen LogP contribution in [0.25, 0.3) is 22.5 Å². The zero-order valence-electron chi connectivity index (χ0n) is 18.6. The molecular formula is C24H24N6O4. The number of aromatic nitrogens is 4. The van der Waals surface area contributed by atoms with Gasteiger partial charge in [0.2, 0.25) is 11.4 Å². The molecule has 34 heavy (non-hydrogen) atoms. The lowest BCUT2D eigenvalue weighted by molar-refractivity contribution is -0.186. The topological polar surface area (TPSA) is 162 Å². The van der Waals surface area contributed by atoms with Crippen molar-refractivity contribution in [2.24, 2.45) is 11.5 Å². The maximum absolute atomic E-state index is 12.4. The van der Waals surface area contributed by atoms with Crippen LogP contribution in [0.3, 0.4) is 0 Å². The number of nitrogens with two attached hydrogens (primary N) is 2. The predicted octanol–water partition coefficient (Wildman–Crippen LogP) is 2.52. The fourth-order valence-electron chi connectivity index (χ4n) is 3.24. The van der Waals surface area contributed by atoms with Crippen molar-refractivity contribution < 1.29 is 19.1 Å². The van der Waals surface area contributed by atoms with Crippen LogP contribution < -0.4 is 11.5 Å². The molecule has 0 saturated carbocycles. The Hall–Kier alpha value is -4.28. The van der Waals surface area contributed by atoms with Gasteiger partial charge in [-0.15, -0.1) is 0 Å². The lowest BCUT2D eigenvalue weighted by Gasteiger charge is -2.25. The number of ether oxygens (including phenoxy) is 2. The summed E-state index contributed by atoms with van der Waals surface area (Å²) in [4.78, 5) is 39.2. The molecule has 0 radical (unpaired) electrons. The Morgan fingerprint density at radius 2 is 1.06 bits per heavy atom. The normalized spacial score (nSPS) is 14.6. The monoisotopic (exact) mass is 460 g/mol. The SMILES string of the molecule is C[C@](N)(OC(=O)C(=O)O[C@](C)(N)c1ncc(-c2ccccc2)[nH]1)c1ncc(-c2ccccc2)[nH]1. The van der Waals surface area contributed by atoms with Crippen LogP contribution in [0.1, 0.15) is 25.5 Å². The summed E-state index contributed by atoms with van der Waals surface area (Å²) in [7, 11) is 0. The molecule has 0 unspecified atom stereocenters. The molecule has 10 heteroatoms. The molecule has 4 rings (SSSR count). The second-order valence-corrected chi connectivity index (χ2v) is 8.02. The third kappa shape index (κ3) is 4.87. The van der Waals surface area contributed by atoms with Gasteiger partial charge in [0.15, 0.2) is 11.6 Å². The first-order valence-corrected chi connectivity index (χ1v) is 10.4. The largest absolute Gasteiger partial charge is 0.428 e. The van der Waals surface area contributed by atoms with Crippen molar-refractivity contribution in [3.8, 4) is 22.5 Å². The average molecular weight is 460 g/mol. The second-order valence-electron chi connectivity index (χ2n) is 8.02. The van der Waals surface area contributed by atoms with Gasteiger partial charge in [-0.2, -0.15) is 0 Å². The molecule has 0 aliphatic carbocycles. The predicted molar refractivity (Wildman–Crippen MR) is 123 cm³/mol. The van der Waals surface area contributed by atoms with Gasteiger partial charge in [-0.25, -0.2) is 19.6 Å². The van der Waals surface area contributed by atoms with Gasteiger partial charge in [-0.1, -0.05) is 60.7 Å². The van der Waals surface area contributed by atoms with Crippen molar-refractivity contribution in [1.29, 1.82) is 0 Å². The van der Waals surface area contributed by atoms with E-state index in [1.54, 1.807) is 12.4 Å². The van der Waals surface area contributed by atoms with Gasteiger partial charge < -0.3 is 19.4 Å². The molecule has 6 N–H and O–H groups in total. The minimum absolute atomic E-state index is 0.154. The standard InChI is InChI=1S/C24H24N6O4/c1-23(25,21-27-13-17(29-21)15-9-5-3-6-10-15)33-19(31)20(32)34-24(2,26)22-28-14-18(30-22)16-11-7-4-8-12-16/h3-14H,25-26H2,1-2H3,(H,27,29)(H,28,30)/t23-,24-/m0/s1. The molecule has 0 spiro atoms.